The van der Waals surface area contributed by atoms with Crippen molar-refractivity contribution in [3.63, 3.8) is 0 Å². The van der Waals surface area contributed by atoms with Crippen molar-refractivity contribution in [3.05, 3.63) is 84.9 Å². The fourth-order valence-corrected chi connectivity index (χ4v) is 3.63. The third-order valence-electron chi connectivity index (χ3n) is 5.23. The minimum Gasteiger partial charge on any atom is -0.497 e. The quantitative estimate of drug-likeness (QED) is 0.490. The summed E-state index contributed by atoms with van der Waals surface area (Å²) in [7, 11) is 1.65. The number of anilines is 1. The number of nitrogens with one attached hydrogen (secondary N) is 1. The zero-order chi connectivity index (χ0) is 21.2. The molecule has 5 nitrogen and oxygen atoms in total. The summed E-state index contributed by atoms with van der Waals surface area (Å²) in [5, 5.41) is 2.87. The molecule has 1 amide bonds. The number of rotatable bonds is 4. The predicted octanol–water partition coefficient (Wildman–Crippen LogP) is 5.42. The molecule has 0 unspecified atom stereocenters. The molecule has 0 saturated heterocycles. The molecule has 3 aromatic carbocycles. The van der Waals surface area contributed by atoms with Crippen LogP contribution in [0.4, 0.5) is 5.69 Å². The van der Waals surface area contributed by atoms with Gasteiger partial charge in [0.25, 0.3) is 5.91 Å². The first-order valence-electron chi connectivity index (χ1n) is 9.98. The average molecular weight is 408 g/mol. The summed E-state index contributed by atoms with van der Waals surface area (Å²) in [6, 6.07) is 28.0. The number of hydrogen-bond acceptors (Lipinski definition) is 4. The SMILES string of the molecule is COc1ccc(-c2cc(-c3ccccc3)cc(-c3ccc4c(c3)NC(=O)CO4)n2)cc1. The van der Waals surface area contributed by atoms with E-state index in [2.05, 4.69) is 29.6 Å². The van der Waals surface area contributed by atoms with Crippen LogP contribution < -0.4 is 14.8 Å². The highest BCUT2D eigenvalue weighted by Crippen LogP contribution is 2.35. The Morgan fingerprint density at radius 2 is 1.52 bits per heavy atom. The van der Waals surface area contributed by atoms with Crippen LogP contribution in [0.3, 0.4) is 0 Å². The third-order valence-corrected chi connectivity index (χ3v) is 5.23. The largest absolute Gasteiger partial charge is 0.497 e. The lowest BCUT2D eigenvalue weighted by Crippen LogP contribution is -2.25. The Labute approximate surface area is 180 Å². The molecule has 0 fully saturated rings. The highest BCUT2D eigenvalue weighted by molar-refractivity contribution is 5.96. The molecule has 0 saturated carbocycles. The summed E-state index contributed by atoms with van der Waals surface area (Å²) in [6.45, 7) is 0.0374. The van der Waals surface area contributed by atoms with E-state index in [-0.39, 0.29) is 12.5 Å². The summed E-state index contributed by atoms with van der Waals surface area (Å²) in [5.41, 5.74) is 6.40. The molecule has 0 atom stereocenters. The maximum Gasteiger partial charge on any atom is 0.262 e. The average Bonchev–Trinajstić information content (AvgIpc) is 2.84. The van der Waals surface area contributed by atoms with Crippen molar-refractivity contribution in [2.75, 3.05) is 19.0 Å². The third kappa shape index (κ3) is 3.85. The number of methoxy groups -OCH3 is 1. The summed E-state index contributed by atoms with van der Waals surface area (Å²) in [4.78, 5) is 16.7. The van der Waals surface area contributed by atoms with Gasteiger partial charge in [0, 0.05) is 11.1 Å². The highest BCUT2D eigenvalue weighted by atomic mass is 16.5. The van der Waals surface area contributed by atoms with Gasteiger partial charge < -0.3 is 14.8 Å². The Kier molecular flexibility index (Phi) is 4.84. The van der Waals surface area contributed by atoms with Crippen LogP contribution in [0.15, 0.2) is 84.9 Å². The van der Waals surface area contributed by atoms with Crippen LogP contribution in [-0.2, 0) is 4.79 Å². The van der Waals surface area contributed by atoms with Gasteiger partial charge in [-0.25, -0.2) is 4.98 Å². The fraction of sp³-hybridized carbons (Fsp3) is 0.0769. The Morgan fingerprint density at radius 3 is 2.26 bits per heavy atom. The van der Waals surface area contributed by atoms with Gasteiger partial charge in [-0.05, 0) is 65.7 Å². The van der Waals surface area contributed by atoms with Gasteiger partial charge in [0.15, 0.2) is 6.61 Å². The first-order chi connectivity index (χ1) is 15.2. The summed E-state index contributed by atoms with van der Waals surface area (Å²) >= 11 is 0. The molecule has 0 aliphatic carbocycles. The van der Waals surface area contributed by atoms with Gasteiger partial charge in [-0.15, -0.1) is 0 Å². The summed E-state index contributed by atoms with van der Waals surface area (Å²) in [6.07, 6.45) is 0. The molecular weight excluding hydrogens is 388 g/mol. The molecule has 4 aromatic rings. The first-order valence-corrected chi connectivity index (χ1v) is 9.98. The fourth-order valence-electron chi connectivity index (χ4n) is 3.63. The number of ether oxygens (including phenoxy) is 2. The molecule has 0 spiro atoms. The summed E-state index contributed by atoms with van der Waals surface area (Å²) < 4.78 is 10.8. The number of amides is 1. The molecule has 1 aliphatic rings. The second-order valence-electron chi connectivity index (χ2n) is 7.27. The lowest BCUT2D eigenvalue weighted by molar-refractivity contribution is -0.118. The van der Waals surface area contributed by atoms with Crippen LogP contribution in [0.25, 0.3) is 33.6 Å². The molecule has 5 rings (SSSR count). The Bertz CT molecular complexity index is 1250. The van der Waals surface area contributed by atoms with E-state index in [4.69, 9.17) is 14.5 Å². The molecule has 2 heterocycles. The van der Waals surface area contributed by atoms with E-state index < -0.39 is 0 Å². The van der Waals surface area contributed by atoms with Crippen LogP contribution in [0.5, 0.6) is 11.5 Å². The van der Waals surface area contributed by atoms with E-state index in [0.717, 1.165) is 39.4 Å². The van der Waals surface area contributed by atoms with Crippen molar-refractivity contribution in [2.45, 2.75) is 0 Å². The minimum absolute atomic E-state index is 0.0374. The van der Waals surface area contributed by atoms with E-state index in [1.807, 2.05) is 60.7 Å². The van der Waals surface area contributed by atoms with Gasteiger partial charge in [-0.3, -0.25) is 4.79 Å². The number of nitrogens with zero attached hydrogens (tertiary/aromatic N) is 1. The van der Waals surface area contributed by atoms with E-state index in [1.54, 1.807) is 7.11 Å². The van der Waals surface area contributed by atoms with E-state index in [1.165, 1.54) is 0 Å². The number of carbonyl (C=O) groups is 1. The van der Waals surface area contributed by atoms with Crippen LogP contribution >= 0.6 is 0 Å². The number of hydrogen-bond donors (Lipinski definition) is 1. The van der Waals surface area contributed by atoms with Gasteiger partial charge in [0.2, 0.25) is 0 Å². The van der Waals surface area contributed by atoms with Gasteiger partial charge in [0.1, 0.15) is 11.5 Å². The van der Waals surface area contributed by atoms with Crippen LogP contribution in [-0.4, -0.2) is 24.6 Å². The van der Waals surface area contributed by atoms with E-state index in [9.17, 15) is 4.79 Å². The van der Waals surface area contributed by atoms with Crippen molar-refractivity contribution in [2.24, 2.45) is 0 Å². The Hall–Kier alpha value is -4.12. The molecule has 1 aromatic heterocycles. The predicted molar refractivity (Wildman–Crippen MR) is 121 cm³/mol. The molecular formula is C26H20N2O3. The van der Waals surface area contributed by atoms with Crippen LogP contribution in [0.2, 0.25) is 0 Å². The molecule has 31 heavy (non-hydrogen) atoms. The smallest absolute Gasteiger partial charge is 0.262 e. The second-order valence-corrected chi connectivity index (χ2v) is 7.27. The molecule has 152 valence electrons. The number of benzene rings is 3. The molecule has 5 heteroatoms. The van der Waals surface area contributed by atoms with Crippen molar-refractivity contribution in [3.8, 4) is 45.1 Å². The van der Waals surface area contributed by atoms with Gasteiger partial charge in [-0.1, -0.05) is 30.3 Å². The Balaban J connectivity index is 1.64. The number of pyridine rings is 1. The van der Waals surface area contributed by atoms with Crippen LogP contribution in [0, 0.1) is 0 Å². The maximum absolute atomic E-state index is 11.7. The van der Waals surface area contributed by atoms with Gasteiger partial charge in [0.05, 0.1) is 24.2 Å². The normalized spacial score (nSPS) is 12.5. The van der Waals surface area contributed by atoms with Gasteiger partial charge >= 0.3 is 0 Å². The zero-order valence-corrected chi connectivity index (χ0v) is 17.0. The lowest BCUT2D eigenvalue weighted by atomic mass is 9.99. The van der Waals surface area contributed by atoms with Gasteiger partial charge in [-0.2, -0.15) is 0 Å². The van der Waals surface area contributed by atoms with Crippen molar-refractivity contribution >= 4 is 11.6 Å². The maximum atomic E-state index is 11.7. The minimum atomic E-state index is -0.158. The Morgan fingerprint density at radius 1 is 0.806 bits per heavy atom. The van der Waals surface area contributed by atoms with E-state index >= 15 is 0 Å². The number of carbonyl (C=O) groups excluding carboxylic acids is 1. The number of aromatic nitrogens is 1. The molecule has 1 aliphatic heterocycles. The highest BCUT2D eigenvalue weighted by Gasteiger charge is 2.17. The lowest BCUT2D eigenvalue weighted by Gasteiger charge is -2.18. The zero-order valence-electron chi connectivity index (χ0n) is 17.0. The van der Waals surface area contributed by atoms with Crippen molar-refractivity contribution in [1.82, 2.24) is 4.98 Å². The number of fused-ring (bicyclic) bond motifs is 1. The van der Waals surface area contributed by atoms with E-state index in [0.29, 0.717) is 11.4 Å². The standard InChI is InChI=1S/C26H20N2O3/c1-30-21-10-7-18(8-11-21)22-14-20(17-5-3-2-4-6-17)15-23(27-22)19-9-12-25-24(13-19)28-26(29)16-31-25/h2-15H,16H2,1H3,(H,28,29). The first kappa shape index (κ1) is 18.9. The topological polar surface area (TPSA) is 60.5 Å². The molecule has 0 radical (unpaired) electrons. The van der Waals surface area contributed by atoms with Crippen molar-refractivity contribution < 1.29 is 14.3 Å². The molecule has 0 bridgehead atoms. The monoisotopic (exact) mass is 408 g/mol. The van der Waals surface area contributed by atoms with Crippen LogP contribution in [0.1, 0.15) is 0 Å². The summed E-state index contributed by atoms with van der Waals surface area (Å²) in [5.74, 6) is 1.31. The second kappa shape index (κ2) is 7.95. The molecule has 1 N–H and O–H groups in total. The van der Waals surface area contributed by atoms with Crippen molar-refractivity contribution in [1.29, 1.82) is 0 Å².